The van der Waals surface area contributed by atoms with Crippen LogP contribution in [0.15, 0.2) is 30.6 Å². The van der Waals surface area contributed by atoms with Crippen LogP contribution in [0.25, 0.3) is 0 Å². The molecule has 7 nitrogen and oxygen atoms in total. The van der Waals surface area contributed by atoms with Crippen molar-refractivity contribution < 1.29 is 27.8 Å². The lowest BCUT2D eigenvalue weighted by Gasteiger charge is -2.34. The van der Waals surface area contributed by atoms with E-state index in [4.69, 9.17) is 9.84 Å². The van der Waals surface area contributed by atoms with E-state index in [1.807, 2.05) is 13.2 Å². The molecule has 1 aliphatic rings. The minimum atomic E-state index is -4.45. The van der Waals surface area contributed by atoms with E-state index in [-0.39, 0.29) is 18.9 Å². The molecule has 0 bridgehead atoms. The SMILES string of the molecule is CCN(C[C@H]1CC[C@H](CC(=O)O)CC1)c1ccc(C(F)(F)F)cc1CNc1ncc(OCCSC)cn1. The maximum Gasteiger partial charge on any atom is 0.416 e. The van der Waals surface area contributed by atoms with Crippen molar-refractivity contribution in [3.05, 3.63) is 41.7 Å². The zero-order valence-electron chi connectivity index (χ0n) is 21.3. The smallest absolute Gasteiger partial charge is 0.416 e. The van der Waals surface area contributed by atoms with Crippen LogP contribution >= 0.6 is 11.8 Å². The number of carboxylic acids is 1. The summed E-state index contributed by atoms with van der Waals surface area (Å²) in [6.45, 7) is 4.02. The van der Waals surface area contributed by atoms with Crippen LogP contribution in [-0.4, -0.2) is 52.7 Å². The lowest BCUT2D eigenvalue weighted by atomic mass is 9.80. The molecule has 3 rings (SSSR count). The molecule has 1 aliphatic carbocycles. The van der Waals surface area contributed by atoms with Crippen LogP contribution in [0.4, 0.5) is 24.8 Å². The van der Waals surface area contributed by atoms with Gasteiger partial charge in [0.25, 0.3) is 0 Å². The Morgan fingerprint density at radius 3 is 2.46 bits per heavy atom. The molecular weight excluding hydrogens is 505 g/mol. The Morgan fingerprint density at radius 1 is 1.19 bits per heavy atom. The van der Waals surface area contributed by atoms with Crippen LogP contribution in [0.2, 0.25) is 0 Å². The number of halogens is 3. The second-order valence-electron chi connectivity index (χ2n) is 9.30. The molecule has 0 spiro atoms. The maximum absolute atomic E-state index is 13.5. The van der Waals surface area contributed by atoms with Gasteiger partial charge in [-0.3, -0.25) is 4.79 Å². The van der Waals surface area contributed by atoms with E-state index >= 15 is 0 Å². The summed E-state index contributed by atoms with van der Waals surface area (Å²) in [6.07, 6.45) is 4.40. The maximum atomic E-state index is 13.5. The number of anilines is 2. The van der Waals surface area contributed by atoms with Gasteiger partial charge in [0.15, 0.2) is 5.75 Å². The predicted molar refractivity (Wildman–Crippen MR) is 140 cm³/mol. The number of aromatic nitrogens is 2. The number of rotatable bonds is 13. The molecule has 1 aromatic heterocycles. The normalized spacial score (nSPS) is 17.9. The van der Waals surface area contributed by atoms with E-state index in [0.717, 1.165) is 43.2 Å². The number of carboxylic acid groups (broad SMARTS) is 1. The first-order chi connectivity index (χ1) is 17.7. The highest BCUT2D eigenvalue weighted by Gasteiger charge is 2.32. The van der Waals surface area contributed by atoms with E-state index < -0.39 is 17.7 Å². The molecule has 0 radical (unpaired) electrons. The van der Waals surface area contributed by atoms with Crippen molar-refractivity contribution in [1.82, 2.24) is 9.97 Å². The van der Waals surface area contributed by atoms with Crippen molar-refractivity contribution in [1.29, 1.82) is 0 Å². The van der Waals surface area contributed by atoms with Crippen LogP contribution in [0, 0.1) is 11.8 Å². The molecule has 0 saturated heterocycles. The second-order valence-corrected chi connectivity index (χ2v) is 10.3. The molecule has 1 aromatic carbocycles. The lowest BCUT2D eigenvalue weighted by Crippen LogP contribution is -2.32. The van der Waals surface area contributed by atoms with Gasteiger partial charge < -0.3 is 20.1 Å². The van der Waals surface area contributed by atoms with Crippen LogP contribution in [0.3, 0.4) is 0 Å². The van der Waals surface area contributed by atoms with Crippen molar-refractivity contribution >= 4 is 29.4 Å². The molecule has 2 aromatic rings. The minimum absolute atomic E-state index is 0.133. The largest absolute Gasteiger partial charge is 0.489 e. The number of nitrogens with zero attached hydrogens (tertiary/aromatic N) is 3. The van der Waals surface area contributed by atoms with Gasteiger partial charge in [-0.15, -0.1) is 0 Å². The number of nitrogens with one attached hydrogen (secondary N) is 1. The first-order valence-corrected chi connectivity index (χ1v) is 13.9. The Labute approximate surface area is 220 Å². The summed E-state index contributed by atoms with van der Waals surface area (Å²) < 4.78 is 46.1. The topological polar surface area (TPSA) is 87.6 Å². The average Bonchev–Trinajstić information content (AvgIpc) is 2.87. The zero-order chi connectivity index (χ0) is 26.8. The number of ether oxygens (including phenoxy) is 1. The van der Waals surface area contributed by atoms with Crippen LogP contribution in [-0.2, 0) is 17.5 Å². The Kier molecular flexibility index (Phi) is 10.7. The summed E-state index contributed by atoms with van der Waals surface area (Å²) in [5.41, 5.74) is 0.560. The van der Waals surface area contributed by atoms with Gasteiger partial charge in [0.05, 0.1) is 24.6 Å². The molecule has 0 aliphatic heterocycles. The van der Waals surface area contributed by atoms with E-state index in [9.17, 15) is 18.0 Å². The molecule has 0 atom stereocenters. The Morgan fingerprint density at radius 2 is 1.86 bits per heavy atom. The predicted octanol–water partition coefficient (Wildman–Crippen LogP) is 5.96. The fraction of sp³-hybridized carbons (Fsp3) is 0.577. The first-order valence-electron chi connectivity index (χ1n) is 12.5. The number of benzene rings is 1. The Bertz CT molecular complexity index is 1000. The average molecular weight is 541 g/mol. The van der Waals surface area contributed by atoms with Gasteiger partial charge in [-0.05, 0) is 74.5 Å². The highest BCUT2D eigenvalue weighted by molar-refractivity contribution is 7.98. The summed E-state index contributed by atoms with van der Waals surface area (Å²) >= 11 is 1.67. The van der Waals surface area contributed by atoms with Crippen LogP contribution in [0.1, 0.15) is 50.2 Å². The third kappa shape index (κ3) is 8.98. The molecule has 0 unspecified atom stereocenters. The molecular formula is C26H35F3N4O3S. The van der Waals surface area contributed by atoms with Gasteiger partial charge in [-0.2, -0.15) is 24.9 Å². The number of aliphatic carboxylic acids is 1. The van der Waals surface area contributed by atoms with Crippen molar-refractivity contribution in [2.75, 3.05) is 41.9 Å². The van der Waals surface area contributed by atoms with E-state index in [1.54, 1.807) is 30.2 Å². The van der Waals surface area contributed by atoms with E-state index in [0.29, 0.717) is 42.9 Å². The number of alkyl halides is 3. The fourth-order valence-electron chi connectivity index (χ4n) is 4.69. The van der Waals surface area contributed by atoms with Gasteiger partial charge in [-0.1, -0.05) is 0 Å². The zero-order valence-corrected chi connectivity index (χ0v) is 22.1. The summed E-state index contributed by atoms with van der Waals surface area (Å²) in [6, 6.07) is 3.86. The highest BCUT2D eigenvalue weighted by Crippen LogP contribution is 2.35. The summed E-state index contributed by atoms with van der Waals surface area (Å²) in [7, 11) is 0. The van der Waals surface area contributed by atoms with Gasteiger partial charge >= 0.3 is 12.1 Å². The Balaban J connectivity index is 1.71. The first kappa shape index (κ1) is 28.9. The highest BCUT2D eigenvalue weighted by atomic mass is 32.2. The number of hydrogen-bond acceptors (Lipinski definition) is 7. The third-order valence-corrected chi connectivity index (χ3v) is 7.23. The summed E-state index contributed by atoms with van der Waals surface area (Å²) in [5, 5.41) is 12.1. The number of hydrogen-bond donors (Lipinski definition) is 2. The number of carbonyl (C=O) groups is 1. The third-order valence-electron chi connectivity index (χ3n) is 6.66. The van der Waals surface area contributed by atoms with Crippen LogP contribution < -0.4 is 15.0 Å². The van der Waals surface area contributed by atoms with Gasteiger partial charge in [0, 0.05) is 37.5 Å². The Hall–Kier alpha value is -2.69. The van der Waals surface area contributed by atoms with Crippen LogP contribution in [0.5, 0.6) is 5.75 Å². The molecule has 11 heteroatoms. The van der Waals surface area contributed by atoms with Gasteiger partial charge in [0.2, 0.25) is 5.95 Å². The summed E-state index contributed by atoms with van der Waals surface area (Å²) in [4.78, 5) is 21.6. The lowest BCUT2D eigenvalue weighted by molar-refractivity contribution is -0.139. The van der Waals surface area contributed by atoms with E-state index in [2.05, 4.69) is 20.2 Å². The van der Waals surface area contributed by atoms with Crippen molar-refractivity contribution in [2.45, 2.75) is 51.7 Å². The molecule has 1 fully saturated rings. The quantitative estimate of drug-likeness (QED) is 0.301. The standard InChI is InChI=1S/C26H35F3N4O3S/c1-3-33(17-19-6-4-18(5-7-19)12-24(34)35)23-9-8-21(26(27,28)29)13-20(23)14-30-25-31-15-22(16-32-25)36-10-11-37-2/h8-9,13,15-16,18-19H,3-7,10-12,14,17H2,1-2H3,(H,34,35)(H,30,31,32)/t18-,19-. The minimum Gasteiger partial charge on any atom is -0.489 e. The van der Waals surface area contributed by atoms with Gasteiger partial charge in [-0.25, -0.2) is 9.97 Å². The molecule has 1 saturated carbocycles. The molecule has 2 N–H and O–H groups in total. The number of thioether (sulfide) groups is 1. The van der Waals surface area contributed by atoms with E-state index in [1.165, 1.54) is 6.07 Å². The van der Waals surface area contributed by atoms with Crippen molar-refractivity contribution in [3.8, 4) is 5.75 Å². The van der Waals surface area contributed by atoms with Crippen molar-refractivity contribution in [3.63, 3.8) is 0 Å². The molecule has 1 heterocycles. The monoisotopic (exact) mass is 540 g/mol. The summed E-state index contributed by atoms with van der Waals surface area (Å²) in [5.74, 6) is 1.50. The van der Waals surface area contributed by atoms with Gasteiger partial charge in [0.1, 0.15) is 0 Å². The van der Waals surface area contributed by atoms with Crippen molar-refractivity contribution in [2.24, 2.45) is 11.8 Å². The second kappa shape index (κ2) is 13.7. The fourth-order valence-corrected chi connectivity index (χ4v) is 4.94. The molecule has 204 valence electrons. The molecule has 37 heavy (non-hydrogen) atoms. The molecule has 0 amide bonds.